The highest BCUT2D eigenvalue weighted by Crippen LogP contribution is 2.49. The molecule has 0 amide bonds. The second-order valence-corrected chi connectivity index (χ2v) is 11.8. The summed E-state index contributed by atoms with van der Waals surface area (Å²) in [6, 6.07) is 0. The zero-order valence-corrected chi connectivity index (χ0v) is 22.2. The molecule has 0 saturated carbocycles. The Kier molecular flexibility index (Phi) is 7.13. The van der Waals surface area contributed by atoms with Gasteiger partial charge in [-0.1, -0.05) is 46.3 Å². The fourth-order valence-corrected chi connectivity index (χ4v) is 6.51. The van der Waals surface area contributed by atoms with Gasteiger partial charge in [0.05, 0.1) is 18.3 Å². The molecule has 194 valence electrons. The van der Waals surface area contributed by atoms with Gasteiger partial charge >= 0.3 is 0 Å². The van der Waals surface area contributed by atoms with Crippen molar-refractivity contribution < 1.29 is 29.6 Å². The fraction of sp³-hybridized carbons (Fsp3) is 0.690. The first-order valence-electron chi connectivity index (χ1n) is 13.2. The highest BCUT2D eigenvalue weighted by molar-refractivity contribution is 6.10. The molecule has 0 aromatic heterocycles. The lowest BCUT2D eigenvalue weighted by Gasteiger charge is -2.44. The van der Waals surface area contributed by atoms with Crippen LogP contribution < -0.4 is 0 Å². The molecule has 35 heavy (non-hydrogen) atoms. The van der Waals surface area contributed by atoms with Crippen LogP contribution in [0.2, 0.25) is 0 Å². The lowest BCUT2D eigenvalue weighted by Crippen LogP contribution is -2.50. The summed E-state index contributed by atoms with van der Waals surface area (Å²) in [6.45, 7) is 14.0. The second-order valence-electron chi connectivity index (χ2n) is 11.8. The third-order valence-electron chi connectivity index (χ3n) is 8.66. The monoisotopic (exact) mass is 494 g/mol. The predicted molar refractivity (Wildman–Crippen MR) is 134 cm³/mol. The van der Waals surface area contributed by atoms with E-state index >= 15 is 0 Å². The van der Waals surface area contributed by atoms with Gasteiger partial charge in [0.15, 0.2) is 5.76 Å². The first-order valence-corrected chi connectivity index (χ1v) is 13.2. The number of hydrogen-bond donors (Lipinski definition) is 3. The normalized spacial score (nSPS) is 44.5. The van der Waals surface area contributed by atoms with Gasteiger partial charge in [-0.25, -0.2) is 0 Å². The molecule has 1 fully saturated rings. The molecule has 9 atom stereocenters. The van der Waals surface area contributed by atoms with E-state index < -0.39 is 23.8 Å². The zero-order valence-electron chi connectivity index (χ0n) is 22.2. The van der Waals surface area contributed by atoms with Crippen molar-refractivity contribution >= 4 is 5.78 Å². The van der Waals surface area contributed by atoms with Crippen molar-refractivity contribution in [3.8, 4) is 0 Å². The minimum Gasteiger partial charge on any atom is -0.504 e. The van der Waals surface area contributed by atoms with Crippen LogP contribution in [0.4, 0.5) is 0 Å². The van der Waals surface area contributed by atoms with Gasteiger partial charge in [0.25, 0.3) is 0 Å². The van der Waals surface area contributed by atoms with Crippen LogP contribution in [0.15, 0.2) is 46.0 Å². The maximum Gasteiger partial charge on any atom is 0.231 e. The third-order valence-corrected chi connectivity index (χ3v) is 8.66. The standard InChI is InChI=1S/C29H42O6/c1-14-8-9-22-18(5)24(30)19(6)28(34-22)23-21-13-29(33,17(4)12-16(3)11-15(2)10-14)35-27(21)20(7)25(31)26(23)32/h10,13-14,16-19,22,24,28,30,32-33H,8-9,11-12H2,1-7H3/b15-10+/t14-,16-,17-,18+,19-,22-,24+,28-,29-/m1/s1/i8+1,9+1,20+1,21+1,23+1,25+1,26+1,27+1. The molecule has 0 spiro atoms. The second kappa shape index (κ2) is 9.53. The van der Waals surface area contributed by atoms with Gasteiger partial charge in [-0.3, -0.25) is 4.79 Å². The van der Waals surface area contributed by atoms with E-state index in [2.05, 4.69) is 26.8 Å². The average molecular weight is 495 g/mol. The summed E-state index contributed by atoms with van der Waals surface area (Å²) >= 11 is 0. The molecule has 1 aliphatic carbocycles. The Hall–Kier alpha value is -1.89. The molecule has 6 heteroatoms. The number of Topliss-reactive ketones (excluding diaryl/α,β-unsaturated/α-hetero) is 1. The molecular weight excluding hydrogens is 452 g/mol. The highest BCUT2D eigenvalue weighted by Gasteiger charge is 2.51. The summed E-state index contributed by atoms with van der Waals surface area (Å²) in [5.41, 5.74) is 2.44. The van der Waals surface area contributed by atoms with Crippen LogP contribution in [-0.4, -0.2) is 45.2 Å². The fourth-order valence-electron chi connectivity index (χ4n) is 6.51. The van der Waals surface area contributed by atoms with E-state index in [0.717, 1.165) is 25.7 Å². The van der Waals surface area contributed by atoms with Crippen LogP contribution >= 0.6 is 0 Å². The molecule has 6 nitrogen and oxygen atoms in total. The molecule has 3 aliphatic heterocycles. The molecule has 0 aromatic carbocycles. The maximum absolute atomic E-state index is 13.0. The Balaban J connectivity index is 1.83. The molecule has 0 radical (unpaired) electrons. The van der Waals surface area contributed by atoms with E-state index in [-0.39, 0.29) is 35.2 Å². The van der Waals surface area contributed by atoms with Crippen LogP contribution in [0.25, 0.3) is 0 Å². The minimum atomic E-state index is -1.60. The Morgan fingerprint density at radius 1 is 1.06 bits per heavy atom. The number of hydrogen-bond acceptors (Lipinski definition) is 6. The summed E-state index contributed by atoms with van der Waals surface area (Å²) in [5, 5.41) is 33.8. The quantitative estimate of drug-likeness (QED) is 0.319. The summed E-state index contributed by atoms with van der Waals surface area (Å²) in [7, 11) is 0. The van der Waals surface area contributed by atoms with E-state index in [1.165, 1.54) is 5.57 Å². The van der Waals surface area contributed by atoms with E-state index in [1.807, 2.05) is 20.8 Å². The van der Waals surface area contributed by atoms with Gasteiger partial charge in [0.2, 0.25) is 11.6 Å². The highest BCUT2D eigenvalue weighted by atomic mass is 16.7. The minimum absolute atomic E-state index is 0.0815. The van der Waals surface area contributed by atoms with Crippen LogP contribution in [0.5, 0.6) is 0 Å². The number of fused-ring (bicyclic) bond motifs is 4. The largest absolute Gasteiger partial charge is 0.504 e. The molecule has 0 aromatic rings. The first kappa shape index (κ1) is 26.2. The van der Waals surface area contributed by atoms with Crippen molar-refractivity contribution in [1.82, 2.24) is 0 Å². The topological polar surface area (TPSA) is 96.2 Å². The summed E-state index contributed by atoms with van der Waals surface area (Å²) in [6.07, 6.45) is 5.76. The van der Waals surface area contributed by atoms with E-state index in [9.17, 15) is 20.1 Å². The van der Waals surface area contributed by atoms with Crippen LogP contribution in [0.1, 0.15) is 74.1 Å². The van der Waals surface area contributed by atoms with E-state index in [1.54, 1.807) is 13.0 Å². The Morgan fingerprint density at radius 2 is 1.74 bits per heavy atom. The van der Waals surface area contributed by atoms with Crippen LogP contribution in [-0.2, 0) is 14.3 Å². The molecule has 3 N–H and O–H groups in total. The van der Waals surface area contributed by atoms with Crippen LogP contribution in [0, 0.1) is 29.6 Å². The van der Waals surface area contributed by atoms with Crippen molar-refractivity contribution in [1.29, 1.82) is 0 Å². The molecule has 3 heterocycles. The smallest absolute Gasteiger partial charge is 0.231 e. The molecule has 4 rings (SSSR count). The molecule has 4 bridgehead atoms. The van der Waals surface area contributed by atoms with Crippen molar-refractivity contribution in [3.63, 3.8) is 0 Å². The number of ketones is 1. The lowest BCUT2D eigenvalue weighted by molar-refractivity contribution is -0.164. The van der Waals surface area contributed by atoms with Gasteiger partial charge in [0.1, 0.15) is 5.76 Å². The Labute approximate surface area is 209 Å². The number of rotatable bonds is 0. The van der Waals surface area contributed by atoms with Crippen molar-refractivity contribution in [2.75, 3.05) is 0 Å². The van der Waals surface area contributed by atoms with Gasteiger partial charge in [-0.05, 0) is 57.4 Å². The van der Waals surface area contributed by atoms with Crippen LogP contribution in [0.3, 0.4) is 0 Å². The Morgan fingerprint density at radius 3 is 2.43 bits per heavy atom. The molecular formula is C29H42O6. The van der Waals surface area contributed by atoms with Gasteiger partial charge in [-0.15, -0.1) is 0 Å². The lowest BCUT2D eigenvalue weighted by atomic mass is 9.85. The predicted octanol–water partition coefficient (Wildman–Crippen LogP) is 5.13. The SMILES string of the molecule is C/C1=C\[C@H](C)[13CH2][13CH2][C@H]2O[C@H]([C@H](C)[C@@H](O)[C@H]2C)[13C]2=[13C](O)[13C](=O)[13C](C)=[13C]3O[C@](O)(C=[13C]32)[C@H](C)C[C@H](C)C1. The van der Waals surface area contributed by atoms with Gasteiger partial charge < -0.3 is 24.8 Å². The maximum atomic E-state index is 13.0. The first-order chi connectivity index (χ1) is 16.3. The summed E-state index contributed by atoms with van der Waals surface area (Å²) in [5.74, 6) is -2.16. The number of ether oxygens (including phenoxy) is 2. The number of carbonyl (C=O) groups is 1. The van der Waals surface area contributed by atoms with E-state index in [4.69, 9.17) is 9.47 Å². The number of aliphatic hydroxyl groups is 3. The molecule has 4 aliphatic rings. The van der Waals surface area contributed by atoms with Crippen molar-refractivity contribution in [3.05, 3.63) is 46.0 Å². The van der Waals surface area contributed by atoms with Crippen molar-refractivity contribution in [2.24, 2.45) is 29.6 Å². The van der Waals surface area contributed by atoms with Gasteiger partial charge in [0, 0.05) is 34.5 Å². The summed E-state index contributed by atoms with van der Waals surface area (Å²) in [4.78, 5) is 13.0. The zero-order chi connectivity index (χ0) is 25.8. The average Bonchev–Trinajstić information content (AvgIpc) is 3.14. The van der Waals surface area contributed by atoms with Crippen molar-refractivity contribution in [2.45, 2.75) is 98.2 Å². The summed E-state index contributed by atoms with van der Waals surface area (Å²) < 4.78 is 12.7. The third kappa shape index (κ3) is 4.65. The van der Waals surface area contributed by atoms with E-state index in [0.29, 0.717) is 28.7 Å². The Bertz CT molecular complexity index is 1000. The molecule has 1 saturated heterocycles. The number of carbonyl (C=O) groups excluding carboxylic acids is 1. The number of aliphatic hydroxyl groups excluding tert-OH is 2. The van der Waals surface area contributed by atoms with Gasteiger partial charge in [-0.2, -0.15) is 0 Å². The number of allylic oxidation sites excluding steroid dienone is 4. The molecule has 0 unspecified atom stereocenters.